The van der Waals surface area contributed by atoms with Crippen molar-refractivity contribution in [1.29, 1.82) is 0 Å². The summed E-state index contributed by atoms with van der Waals surface area (Å²) in [6.45, 7) is 7.83. The number of benzene rings is 1. The Bertz CT molecular complexity index is 961. The van der Waals surface area contributed by atoms with E-state index in [1.54, 1.807) is 22.1 Å². The molecule has 3 amide bonds. The Balaban J connectivity index is 1.42. The highest BCUT2D eigenvalue weighted by Gasteiger charge is 2.23. The van der Waals surface area contributed by atoms with E-state index in [9.17, 15) is 9.59 Å². The summed E-state index contributed by atoms with van der Waals surface area (Å²) in [7, 11) is 0. The van der Waals surface area contributed by atoms with Gasteiger partial charge in [0.1, 0.15) is 12.3 Å². The number of carbonyl (C=O) groups excluding carboxylic acids is 2. The number of nitrogens with zero attached hydrogens (tertiary/aromatic N) is 3. The number of hydrogen-bond donors (Lipinski definition) is 1. The van der Waals surface area contributed by atoms with E-state index in [0.717, 1.165) is 44.8 Å². The molecule has 0 bridgehead atoms. The minimum Gasteiger partial charge on any atom is -0.467 e. The number of ether oxygens (including phenoxy) is 3. The second kappa shape index (κ2) is 12.5. The third kappa shape index (κ3) is 7.12. The van der Waals surface area contributed by atoms with E-state index in [-0.39, 0.29) is 25.3 Å². The first kappa shape index (κ1) is 24.9. The lowest BCUT2D eigenvalue weighted by Gasteiger charge is -2.29. The van der Waals surface area contributed by atoms with Crippen LogP contribution in [0.4, 0.5) is 4.79 Å². The lowest BCUT2D eigenvalue weighted by atomic mass is 10.2. The molecule has 4 rings (SSSR count). The average molecular weight is 487 g/mol. The SMILES string of the molecule is CCNC(=O)N(CCCN1CCOCC1)CC(=O)N(Cc1ccc2c(c1)OCO2)Cc1ccco1. The molecule has 1 N–H and O–H groups in total. The van der Waals surface area contributed by atoms with Crippen molar-refractivity contribution in [1.82, 2.24) is 20.0 Å². The fourth-order valence-corrected chi connectivity index (χ4v) is 4.17. The number of hydrogen-bond acceptors (Lipinski definition) is 7. The van der Waals surface area contributed by atoms with Crippen molar-refractivity contribution in [3.8, 4) is 11.5 Å². The van der Waals surface area contributed by atoms with Crippen LogP contribution in [0.1, 0.15) is 24.7 Å². The predicted octanol–water partition coefficient (Wildman–Crippen LogP) is 2.29. The third-order valence-electron chi connectivity index (χ3n) is 6.04. The number of rotatable bonds is 11. The van der Waals surface area contributed by atoms with Crippen LogP contribution in [0, 0.1) is 0 Å². The maximum absolute atomic E-state index is 13.5. The van der Waals surface area contributed by atoms with Gasteiger partial charge in [0, 0.05) is 39.3 Å². The van der Waals surface area contributed by atoms with E-state index in [4.69, 9.17) is 18.6 Å². The minimum atomic E-state index is -0.233. The maximum atomic E-state index is 13.5. The molecule has 3 heterocycles. The Labute approximate surface area is 205 Å². The summed E-state index contributed by atoms with van der Waals surface area (Å²) in [6.07, 6.45) is 2.37. The van der Waals surface area contributed by atoms with Gasteiger partial charge in [0.05, 0.1) is 26.0 Å². The largest absolute Gasteiger partial charge is 0.467 e. The number of urea groups is 1. The first-order valence-corrected chi connectivity index (χ1v) is 12.1. The molecule has 1 fully saturated rings. The van der Waals surface area contributed by atoms with Crippen molar-refractivity contribution in [3.63, 3.8) is 0 Å². The molecule has 0 aliphatic carbocycles. The summed E-state index contributed by atoms with van der Waals surface area (Å²) >= 11 is 0. The molecular weight excluding hydrogens is 452 g/mol. The van der Waals surface area contributed by atoms with Crippen LogP contribution in [0.5, 0.6) is 11.5 Å². The molecule has 35 heavy (non-hydrogen) atoms. The van der Waals surface area contributed by atoms with Gasteiger partial charge < -0.3 is 33.7 Å². The second-order valence-corrected chi connectivity index (χ2v) is 8.58. The number of fused-ring (bicyclic) bond motifs is 1. The molecule has 10 nitrogen and oxygen atoms in total. The van der Waals surface area contributed by atoms with Crippen molar-refractivity contribution in [2.24, 2.45) is 0 Å². The fraction of sp³-hybridized carbons (Fsp3) is 0.520. The van der Waals surface area contributed by atoms with Gasteiger partial charge in [0.15, 0.2) is 11.5 Å². The zero-order valence-electron chi connectivity index (χ0n) is 20.2. The average Bonchev–Trinajstić information content (AvgIpc) is 3.55. The van der Waals surface area contributed by atoms with Crippen molar-refractivity contribution in [2.45, 2.75) is 26.4 Å². The Morgan fingerprint density at radius 2 is 1.89 bits per heavy atom. The number of furan rings is 1. The predicted molar refractivity (Wildman–Crippen MR) is 128 cm³/mol. The summed E-state index contributed by atoms with van der Waals surface area (Å²) in [5.41, 5.74) is 0.908. The van der Waals surface area contributed by atoms with Gasteiger partial charge in [0.2, 0.25) is 12.7 Å². The van der Waals surface area contributed by atoms with Crippen molar-refractivity contribution < 1.29 is 28.2 Å². The molecule has 2 aliphatic rings. The highest BCUT2D eigenvalue weighted by atomic mass is 16.7. The van der Waals surface area contributed by atoms with Crippen molar-refractivity contribution in [2.75, 3.05) is 59.3 Å². The van der Waals surface area contributed by atoms with Crippen molar-refractivity contribution >= 4 is 11.9 Å². The van der Waals surface area contributed by atoms with Crippen molar-refractivity contribution in [3.05, 3.63) is 47.9 Å². The van der Waals surface area contributed by atoms with Gasteiger partial charge in [-0.25, -0.2) is 4.79 Å². The third-order valence-corrected chi connectivity index (χ3v) is 6.04. The number of carbonyl (C=O) groups is 2. The van der Waals surface area contributed by atoms with Gasteiger partial charge in [-0.3, -0.25) is 9.69 Å². The zero-order chi connectivity index (χ0) is 24.5. The fourth-order valence-electron chi connectivity index (χ4n) is 4.17. The molecule has 0 unspecified atom stereocenters. The van der Waals surface area contributed by atoms with Crippen LogP contribution in [-0.4, -0.2) is 85.9 Å². The quantitative estimate of drug-likeness (QED) is 0.521. The first-order chi connectivity index (χ1) is 17.1. The maximum Gasteiger partial charge on any atom is 0.317 e. The molecule has 1 aromatic heterocycles. The molecule has 1 aromatic carbocycles. The van der Waals surface area contributed by atoms with Gasteiger partial charge >= 0.3 is 6.03 Å². The number of amides is 3. The summed E-state index contributed by atoms with van der Waals surface area (Å²) < 4.78 is 21.8. The lowest BCUT2D eigenvalue weighted by molar-refractivity contribution is -0.133. The standard InChI is InChI=1S/C25H34N4O6/c1-2-26-25(31)28(9-4-8-27-10-13-32-14-11-27)18-24(30)29(17-21-5-3-12-33-21)16-20-6-7-22-23(15-20)35-19-34-22/h3,5-7,12,15H,2,4,8-11,13-14,16-19H2,1H3,(H,26,31). The van der Waals surface area contributed by atoms with Crippen LogP contribution in [0.2, 0.25) is 0 Å². The van der Waals surface area contributed by atoms with Gasteiger partial charge in [-0.1, -0.05) is 6.07 Å². The van der Waals surface area contributed by atoms with Crippen LogP contribution in [0.15, 0.2) is 41.0 Å². The normalized spacial score (nSPS) is 15.1. The summed E-state index contributed by atoms with van der Waals surface area (Å²) in [5.74, 6) is 1.88. The Morgan fingerprint density at radius 3 is 2.66 bits per heavy atom. The van der Waals surface area contributed by atoms with E-state index in [2.05, 4.69) is 10.2 Å². The molecule has 0 radical (unpaired) electrons. The van der Waals surface area contributed by atoms with Crippen LogP contribution < -0.4 is 14.8 Å². The monoisotopic (exact) mass is 486 g/mol. The summed E-state index contributed by atoms with van der Waals surface area (Å²) in [4.78, 5) is 31.8. The number of morpholine rings is 1. The van der Waals surface area contributed by atoms with E-state index in [0.29, 0.717) is 43.4 Å². The van der Waals surface area contributed by atoms with Crippen LogP contribution in [0.3, 0.4) is 0 Å². The van der Waals surface area contributed by atoms with Gasteiger partial charge in [-0.2, -0.15) is 0 Å². The van der Waals surface area contributed by atoms with Gasteiger partial charge in [0.25, 0.3) is 0 Å². The molecule has 10 heteroatoms. The van der Waals surface area contributed by atoms with Gasteiger partial charge in [-0.05, 0) is 43.2 Å². The summed E-state index contributed by atoms with van der Waals surface area (Å²) in [5, 5.41) is 2.84. The zero-order valence-corrected chi connectivity index (χ0v) is 20.2. The van der Waals surface area contributed by atoms with E-state index in [1.165, 1.54) is 0 Å². The van der Waals surface area contributed by atoms with Crippen LogP contribution >= 0.6 is 0 Å². The minimum absolute atomic E-state index is 0.0137. The first-order valence-electron chi connectivity index (χ1n) is 12.1. The van der Waals surface area contributed by atoms with Crippen LogP contribution in [0.25, 0.3) is 0 Å². The molecule has 2 aliphatic heterocycles. The Morgan fingerprint density at radius 1 is 1.06 bits per heavy atom. The lowest BCUT2D eigenvalue weighted by Crippen LogP contribution is -2.47. The van der Waals surface area contributed by atoms with E-state index in [1.807, 2.05) is 31.2 Å². The summed E-state index contributed by atoms with van der Waals surface area (Å²) in [6, 6.07) is 9.05. The molecular formula is C25H34N4O6. The molecule has 0 saturated carbocycles. The highest BCUT2D eigenvalue weighted by Crippen LogP contribution is 2.33. The Kier molecular flexibility index (Phi) is 8.85. The van der Waals surface area contributed by atoms with E-state index >= 15 is 0 Å². The Hall–Kier alpha value is -3.24. The second-order valence-electron chi connectivity index (χ2n) is 8.58. The molecule has 0 atom stereocenters. The van der Waals surface area contributed by atoms with E-state index < -0.39 is 0 Å². The number of nitrogens with one attached hydrogen (secondary N) is 1. The molecule has 1 saturated heterocycles. The topological polar surface area (TPSA) is 96.7 Å². The molecule has 2 aromatic rings. The molecule has 0 spiro atoms. The van der Waals surface area contributed by atoms with Gasteiger partial charge in [-0.15, -0.1) is 0 Å². The highest BCUT2D eigenvalue weighted by molar-refractivity contribution is 5.84. The smallest absolute Gasteiger partial charge is 0.317 e. The van der Waals surface area contributed by atoms with Crippen LogP contribution in [-0.2, 0) is 22.6 Å². The molecule has 190 valence electrons.